The normalized spacial score (nSPS) is 18.5. The van der Waals surface area contributed by atoms with Crippen LogP contribution < -0.4 is 4.74 Å². The molecule has 112 valence electrons. The highest BCUT2D eigenvalue weighted by Crippen LogP contribution is 2.37. The van der Waals surface area contributed by atoms with Crippen LogP contribution in [0.15, 0.2) is 27.1 Å². The molecule has 0 aliphatic carbocycles. The zero-order chi connectivity index (χ0) is 15.0. The van der Waals surface area contributed by atoms with Gasteiger partial charge in [0.25, 0.3) is 5.91 Å². The Morgan fingerprint density at radius 1 is 1.48 bits per heavy atom. The molecule has 0 N–H and O–H groups in total. The van der Waals surface area contributed by atoms with Gasteiger partial charge in [-0.05, 0) is 25.1 Å². The summed E-state index contributed by atoms with van der Waals surface area (Å²) in [5.41, 5.74) is 0.643. The number of carbonyl (C=O) groups excluding carboxylic acids is 1. The molecule has 2 heterocycles. The monoisotopic (exact) mass is 353 g/mol. The summed E-state index contributed by atoms with van der Waals surface area (Å²) < 4.78 is 17.5. The average Bonchev–Trinajstić information content (AvgIpc) is 2.77. The zero-order valence-electron chi connectivity index (χ0n) is 11.9. The lowest BCUT2D eigenvalue weighted by atomic mass is 10.2. The second kappa shape index (κ2) is 5.69. The van der Waals surface area contributed by atoms with Crippen LogP contribution in [0.5, 0.6) is 5.75 Å². The number of hydrogen-bond donors (Lipinski definition) is 0. The lowest BCUT2D eigenvalue weighted by Gasteiger charge is -2.25. The van der Waals surface area contributed by atoms with E-state index >= 15 is 0 Å². The standard InChI is InChI=1S/C15H16BrNO4/c1-9-8-20-13-11-4-3-10(16)7-12(11)21-14(13)15(18)17(9)5-6-19-2/h3-4,7,9H,5-6,8H2,1-2H3. The molecule has 0 spiro atoms. The minimum absolute atomic E-state index is 0.0271. The number of hydrogen-bond acceptors (Lipinski definition) is 4. The van der Waals surface area contributed by atoms with Gasteiger partial charge in [-0.3, -0.25) is 4.79 Å². The first-order chi connectivity index (χ1) is 10.1. The maximum atomic E-state index is 12.7. The van der Waals surface area contributed by atoms with E-state index in [0.29, 0.717) is 31.1 Å². The van der Waals surface area contributed by atoms with Crippen LogP contribution in [0.4, 0.5) is 0 Å². The van der Waals surface area contributed by atoms with Crippen molar-refractivity contribution in [3.8, 4) is 5.75 Å². The van der Waals surface area contributed by atoms with Crippen LogP contribution in [-0.2, 0) is 4.74 Å². The van der Waals surface area contributed by atoms with Gasteiger partial charge in [0.1, 0.15) is 12.2 Å². The molecule has 3 rings (SSSR count). The van der Waals surface area contributed by atoms with Gasteiger partial charge in [0.15, 0.2) is 5.75 Å². The van der Waals surface area contributed by atoms with Crippen molar-refractivity contribution in [3.63, 3.8) is 0 Å². The smallest absolute Gasteiger partial charge is 0.293 e. The van der Waals surface area contributed by atoms with Gasteiger partial charge in [0.2, 0.25) is 5.76 Å². The highest BCUT2D eigenvalue weighted by molar-refractivity contribution is 9.10. The Balaban J connectivity index is 2.05. The molecule has 1 unspecified atom stereocenters. The number of nitrogens with zero attached hydrogens (tertiary/aromatic N) is 1. The van der Waals surface area contributed by atoms with E-state index in [1.165, 1.54) is 0 Å². The molecule has 1 aromatic heterocycles. The van der Waals surface area contributed by atoms with E-state index in [1.54, 1.807) is 12.0 Å². The van der Waals surface area contributed by atoms with Crippen molar-refractivity contribution in [2.24, 2.45) is 0 Å². The first-order valence-corrected chi connectivity index (χ1v) is 7.56. The van der Waals surface area contributed by atoms with Gasteiger partial charge in [0.05, 0.1) is 18.0 Å². The third kappa shape index (κ3) is 2.53. The van der Waals surface area contributed by atoms with Crippen LogP contribution in [0, 0.1) is 0 Å². The summed E-state index contributed by atoms with van der Waals surface area (Å²) >= 11 is 3.40. The Morgan fingerprint density at radius 3 is 3.05 bits per heavy atom. The largest absolute Gasteiger partial charge is 0.487 e. The Hall–Kier alpha value is -1.53. The van der Waals surface area contributed by atoms with Crippen LogP contribution >= 0.6 is 15.9 Å². The van der Waals surface area contributed by atoms with Gasteiger partial charge in [-0.1, -0.05) is 15.9 Å². The van der Waals surface area contributed by atoms with Crippen molar-refractivity contribution in [2.75, 3.05) is 26.9 Å². The molecule has 21 heavy (non-hydrogen) atoms. The van der Waals surface area contributed by atoms with Gasteiger partial charge in [-0.15, -0.1) is 0 Å². The molecule has 0 saturated carbocycles. The molecule has 0 saturated heterocycles. The highest BCUT2D eigenvalue weighted by Gasteiger charge is 2.33. The van der Waals surface area contributed by atoms with E-state index in [1.807, 2.05) is 25.1 Å². The topological polar surface area (TPSA) is 51.9 Å². The SMILES string of the molecule is COCCN1C(=O)c2oc3cc(Br)ccc3c2OCC1C. The quantitative estimate of drug-likeness (QED) is 0.850. The minimum Gasteiger partial charge on any atom is -0.487 e. The highest BCUT2D eigenvalue weighted by atomic mass is 79.9. The van der Waals surface area contributed by atoms with Gasteiger partial charge >= 0.3 is 0 Å². The van der Waals surface area contributed by atoms with Crippen molar-refractivity contribution < 1.29 is 18.7 Å². The van der Waals surface area contributed by atoms with Crippen molar-refractivity contribution >= 4 is 32.8 Å². The molecule has 0 bridgehead atoms. The predicted octanol–water partition coefficient (Wildman–Crippen LogP) is 3.06. The zero-order valence-corrected chi connectivity index (χ0v) is 13.5. The van der Waals surface area contributed by atoms with E-state index in [2.05, 4.69) is 15.9 Å². The van der Waals surface area contributed by atoms with Gasteiger partial charge in [-0.2, -0.15) is 0 Å². The summed E-state index contributed by atoms with van der Waals surface area (Å²) in [6, 6.07) is 5.61. The number of amides is 1. The number of ether oxygens (including phenoxy) is 2. The summed E-state index contributed by atoms with van der Waals surface area (Å²) in [5.74, 6) is 0.650. The lowest BCUT2D eigenvalue weighted by molar-refractivity contribution is 0.0574. The van der Waals surface area contributed by atoms with Gasteiger partial charge in [-0.25, -0.2) is 0 Å². The van der Waals surface area contributed by atoms with Crippen molar-refractivity contribution in [1.29, 1.82) is 0 Å². The van der Waals surface area contributed by atoms with Crippen LogP contribution in [0.25, 0.3) is 11.0 Å². The summed E-state index contributed by atoms with van der Waals surface area (Å²) in [7, 11) is 1.62. The van der Waals surface area contributed by atoms with E-state index < -0.39 is 0 Å². The first kappa shape index (κ1) is 14.4. The Bertz CT molecular complexity index is 682. The first-order valence-electron chi connectivity index (χ1n) is 6.76. The van der Waals surface area contributed by atoms with Crippen molar-refractivity contribution in [1.82, 2.24) is 4.90 Å². The summed E-state index contributed by atoms with van der Waals surface area (Å²) in [5, 5.41) is 0.822. The van der Waals surface area contributed by atoms with E-state index in [4.69, 9.17) is 13.9 Å². The molecule has 1 aliphatic heterocycles. The Kier molecular flexibility index (Phi) is 3.91. The fourth-order valence-electron chi connectivity index (χ4n) is 2.47. The summed E-state index contributed by atoms with van der Waals surface area (Å²) in [4.78, 5) is 14.4. The molecule has 1 atom stereocenters. The number of benzene rings is 1. The molecule has 1 aliphatic rings. The van der Waals surface area contributed by atoms with E-state index in [-0.39, 0.29) is 17.7 Å². The fourth-order valence-corrected chi connectivity index (χ4v) is 2.81. The molecule has 6 heteroatoms. The minimum atomic E-state index is -0.153. The molecule has 1 amide bonds. The average molecular weight is 354 g/mol. The predicted molar refractivity (Wildman–Crippen MR) is 81.8 cm³/mol. The third-order valence-electron chi connectivity index (χ3n) is 3.60. The van der Waals surface area contributed by atoms with E-state index in [9.17, 15) is 4.79 Å². The van der Waals surface area contributed by atoms with Crippen LogP contribution in [0.1, 0.15) is 17.5 Å². The summed E-state index contributed by atoms with van der Waals surface area (Å²) in [6.07, 6.45) is 0. The molecule has 2 aromatic rings. The number of fused-ring (bicyclic) bond motifs is 3. The van der Waals surface area contributed by atoms with Crippen LogP contribution in [-0.4, -0.2) is 43.7 Å². The second-order valence-electron chi connectivity index (χ2n) is 5.05. The van der Waals surface area contributed by atoms with Crippen LogP contribution in [0.3, 0.4) is 0 Å². The number of carbonyl (C=O) groups is 1. The molecule has 0 fully saturated rings. The second-order valence-corrected chi connectivity index (χ2v) is 5.97. The fraction of sp³-hybridized carbons (Fsp3) is 0.400. The molecule has 0 radical (unpaired) electrons. The van der Waals surface area contributed by atoms with Gasteiger partial charge < -0.3 is 18.8 Å². The molecular weight excluding hydrogens is 338 g/mol. The maximum absolute atomic E-state index is 12.7. The van der Waals surface area contributed by atoms with Crippen molar-refractivity contribution in [2.45, 2.75) is 13.0 Å². The van der Waals surface area contributed by atoms with Crippen molar-refractivity contribution in [3.05, 3.63) is 28.4 Å². The third-order valence-corrected chi connectivity index (χ3v) is 4.09. The maximum Gasteiger partial charge on any atom is 0.293 e. The molecule has 5 nitrogen and oxygen atoms in total. The number of furan rings is 1. The molecule has 1 aromatic carbocycles. The summed E-state index contributed by atoms with van der Waals surface area (Å²) in [6.45, 7) is 3.39. The van der Waals surface area contributed by atoms with E-state index in [0.717, 1.165) is 9.86 Å². The Morgan fingerprint density at radius 2 is 2.29 bits per heavy atom. The van der Waals surface area contributed by atoms with Gasteiger partial charge in [0, 0.05) is 18.1 Å². The number of halogens is 1. The number of methoxy groups -OCH3 is 1. The number of rotatable bonds is 3. The Labute approximate surface area is 130 Å². The lowest BCUT2D eigenvalue weighted by Crippen LogP contribution is -2.41. The molecular formula is C15H16BrNO4. The van der Waals surface area contributed by atoms with Crippen LogP contribution in [0.2, 0.25) is 0 Å².